The van der Waals surface area contributed by atoms with Gasteiger partial charge in [-0.25, -0.2) is 4.98 Å². The number of aromatic nitrogens is 2. The number of hydrogen-bond acceptors (Lipinski definition) is 4. The fraction of sp³-hybridized carbons (Fsp3) is 0.571. The highest BCUT2D eigenvalue weighted by Gasteiger charge is 2.33. The van der Waals surface area contributed by atoms with Crippen molar-refractivity contribution < 1.29 is 4.79 Å². The number of fused-ring (bicyclic) bond motifs is 1. The zero-order valence-corrected chi connectivity index (χ0v) is 12.4. The molecule has 2 aromatic rings. The molecule has 4 nitrogen and oxygen atoms in total. The van der Waals surface area contributed by atoms with Gasteiger partial charge in [-0.2, -0.15) is 0 Å². The second-order valence-corrected chi connectivity index (χ2v) is 7.16. The summed E-state index contributed by atoms with van der Waals surface area (Å²) in [5.74, 6) is 1.51. The van der Waals surface area contributed by atoms with Crippen LogP contribution in [0.15, 0.2) is 11.6 Å². The second-order valence-electron chi connectivity index (χ2n) is 6.29. The molecule has 1 saturated heterocycles. The number of imidazole rings is 1. The first-order valence-corrected chi connectivity index (χ1v) is 7.54. The van der Waals surface area contributed by atoms with E-state index in [4.69, 9.17) is 0 Å². The van der Waals surface area contributed by atoms with Gasteiger partial charge in [0, 0.05) is 24.7 Å². The van der Waals surface area contributed by atoms with Crippen molar-refractivity contribution in [2.45, 2.75) is 27.2 Å². The maximum Gasteiger partial charge on any atom is 0.196 e. The molecule has 1 unspecified atom stereocenters. The third-order valence-electron chi connectivity index (χ3n) is 4.10. The molecule has 3 heterocycles. The van der Waals surface area contributed by atoms with Crippen LogP contribution in [0.1, 0.15) is 37.7 Å². The summed E-state index contributed by atoms with van der Waals surface area (Å²) in [5, 5.41) is 1.96. The van der Waals surface area contributed by atoms with Crippen LogP contribution in [-0.4, -0.2) is 28.8 Å². The molecule has 1 aliphatic heterocycles. The summed E-state index contributed by atoms with van der Waals surface area (Å²) in [6.45, 7) is 8.84. The molecule has 1 atom stereocenters. The number of aldehydes is 1. The predicted molar refractivity (Wildman–Crippen MR) is 78.2 cm³/mol. The zero-order chi connectivity index (χ0) is 13.6. The summed E-state index contributed by atoms with van der Waals surface area (Å²) in [5.41, 5.74) is 0.999. The minimum absolute atomic E-state index is 0.313. The van der Waals surface area contributed by atoms with E-state index in [2.05, 4.69) is 30.7 Å². The predicted octanol–water partition coefficient (Wildman–Crippen LogP) is 3.08. The summed E-state index contributed by atoms with van der Waals surface area (Å²) >= 11 is 1.57. The van der Waals surface area contributed by atoms with Gasteiger partial charge < -0.3 is 4.90 Å². The molecular weight excluding hydrogens is 258 g/mol. The highest BCUT2D eigenvalue weighted by molar-refractivity contribution is 7.15. The fourth-order valence-corrected chi connectivity index (χ4v) is 3.51. The Hall–Kier alpha value is -1.36. The Kier molecular flexibility index (Phi) is 2.89. The fourth-order valence-electron chi connectivity index (χ4n) is 2.79. The van der Waals surface area contributed by atoms with Crippen LogP contribution < -0.4 is 4.90 Å². The molecule has 0 amide bonds. The maximum absolute atomic E-state index is 11.4. The van der Waals surface area contributed by atoms with Crippen LogP contribution in [0.25, 0.3) is 4.96 Å². The number of rotatable bonds is 2. The van der Waals surface area contributed by atoms with E-state index in [-0.39, 0.29) is 0 Å². The molecule has 0 spiro atoms. The van der Waals surface area contributed by atoms with Crippen molar-refractivity contribution in [3.05, 3.63) is 17.3 Å². The monoisotopic (exact) mass is 277 g/mol. The van der Waals surface area contributed by atoms with Crippen molar-refractivity contribution in [3.63, 3.8) is 0 Å². The van der Waals surface area contributed by atoms with Gasteiger partial charge in [0.15, 0.2) is 17.1 Å². The Labute approximate surface area is 117 Å². The standard InChI is InChI=1S/C14H19N3OS/c1-14(2,3)10-4-5-16(8-10)12-11(9-18)17-6-7-19-13(17)15-12/h6-7,9-10H,4-5,8H2,1-3H3. The first-order valence-electron chi connectivity index (χ1n) is 6.66. The van der Waals surface area contributed by atoms with Crippen LogP contribution in [0.3, 0.4) is 0 Å². The van der Waals surface area contributed by atoms with Gasteiger partial charge in [-0.05, 0) is 17.8 Å². The lowest BCUT2D eigenvalue weighted by molar-refractivity contribution is 0.111. The van der Waals surface area contributed by atoms with Crippen molar-refractivity contribution in [1.29, 1.82) is 0 Å². The van der Waals surface area contributed by atoms with Crippen LogP contribution in [0, 0.1) is 11.3 Å². The molecule has 0 saturated carbocycles. The summed E-state index contributed by atoms with van der Waals surface area (Å²) < 4.78 is 1.89. The van der Waals surface area contributed by atoms with Crippen molar-refractivity contribution in [2.75, 3.05) is 18.0 Å². The number of carbonyl (C=O) groups is 1. The summed E-state index contributed by atoms with van der Waals surface area (Å²) in [6.07, 6.45) is 4.01. The van der Waals surface area contributed by atoms with E-state index in [9.17, 15) is 4.79 Å². The topological polar surface area (TPSA) is 37.6 Å². The summed E-state index contributed by atoms with van der Waals surface area (Å²) in [6, 6.07) is 0. The molecule has 5 heteroatoms. The van der Waals surface area contributed by atoms with E-state index >= 15 is 0 Å². The first kappa shape index (κ1) is 12.7. The van der Waals surface area contributed by atoms with E-state index < -0.39 is 0 Å². The van der Waals surface area contributed by atoms with E-state index in [1.807, 2.05) is 16.0 Å². The molecule has 3 rings (SSSR count). The third kappa shape index (κ3) is 2.06. The number of hydrogen-bond donors (Lipinski definition) is 0. The molecule has 0 radical (unpaired) electrons. The lowest BCUT2D eigenvalue weighted by Gasteiger charge is -2.27. The Morgan fingerprint density at radius 2 is 2.26 bits per heavy atom. The van der Waals surface area contributed by atoms with E-state index in [1.165, 1.54) is 6.42 Å². The minimum Gasteiger partial charge on any atom is -0.354 e. The Morgan fingerprint density at radius 1 is 1.47 bits per heavy atom. The van der Waals surface area contributed by atoms with Gasteiger partial charge in [0.2, 0.25) is 0 Å². The van der Waals surface area contributed by atoms with Crippen LogP contribution in [0.4, 0.5) is 5.82 Å². The molecule has 102 valence electrons. The average Bonchev–Trinajstić information content (AvgIpc) is 3.01. The quantitative estimate of drug-likeness (QED) is 0.792. The van der Waals surface area contributed by atoms with Gasteiger partial charge in [0.25, 0.3) is 0 Å². The Bertz CT molecular complexity index is 608. The SMILES string of the molecule is CC(C)(C)C1CCN(c2nc3sccn3c2C=O)C1. The molecule has 1 aliphatic rings. The van der Waals surface area contributed by atoms with E-state index in [0.717, 1.165) is 30.2 Å². The molecule has 0 aliphatic carbocycles. The minimum atomic E-state index is 0.313. The number of carbonyl (C=O) groups excluding carboxylic acids is 1. The second kappa shape index (κ2) is 4.34. The van der Waals surface area contributed by atoms with Gasteiger partial charge >= 0.3 is 0 Å². The number of thiazole rings is 1. The van der Waals surface area contributed by atoms with Gasteiger partial charge in [-0.1, -0.05) is 20.8 Å². The molecule has 1 fully saturated rings. The Morgan fingerprint density at radius 3 is 2.89 bits per heavy atom. The van der Waals surface area contributed by atoms with Crippen molar-refractivity contribution >= 4 is 28.4 Å². The molecule has 0 N–H and O–H groups in total. The molecule has 0 aromatic carbocycles. The lowest BCUT2D eigenvalue weighted by Crippen LogP contribution is -2.26. The van der Waals surface area contributed by atoms with Crippen LogP contribution in [-0.2, 0) is 0 Å². The summed E-state index contributed by atoms with van der Waals surface area (Å²) in [7, 11) is 0. The highest BCUT2D eigenvalue weighted by Crippen LogP contribution is 2.36. The molecule has 19 heavy (non-hydrogen) atoms. The van der Waals surface area contributed by atoms with E-state index in [1.54, 1.807) is 11.3 Å². The lowest BCUT2D eigenvalue weighted by atomic mass is 9.80. The third-order valence-corrected chi connectivity index (χ3v) is 4.86. The smallest absolute Gasteiger partial charge is 0.196 e. The number of nitrogens with zero attached hydrogens (tertiary/aromatic N) is 3. The molecule has 0 bridgehead atoms. The zero-order valence-electron chi connectivity index (χ0n) is 11.6. The van der Waals surface area contributed by atoms with Crippen LogP contribution in [0.2, 0.25) is 0 Å². The van der Waals surface area contributed by atoms with Gasteiger partial charge in [-0.15, -0.1) is 11.3 Å². The van der Waals surface area contributed by atoms with E-state index in [0.29, 0.717) is 17.0 Å². The molecule has 2 aromatic heterocycles. The van der Waals surface area contributed by atoms with Crippen molar-refractivity contribution in [3.8, 4) is 0 Å². The molecular formula is C14H19N3OS. The number of anilines is 1. The van der Waals surface area contributed by atoms with Crippen molar-refractivity contribution in [1.82, 2.24) is 9.38 Å². The van der Waals surface area contributed by atoms with Crippen LogP contribution in [0.5, 0.6) is 0 Å². The first-order chi connectivity index (χ1) is 9.00. The summed E-state index contributed by atoms with van der Waals surface area (Å²) in [4.78, 5) is 19.1. The van der Waals surface area contributed by atoms with Crippen molar-refractivity contribution in [2.24, 2.45) is 11.3 Å². The van der Waals surface area contributed by atoms with Gasteiger partial charge in [0.05, 0.1) is 0 Å². The normalized spacial score (nSPS) is 20.4. The van der Waals surface area contributed by atoms with Crippen LogP contribution >= 0.6 is 11.3 Å². The Balaban J connectivity index is 1.93. The average molecular weight is 277 g/mol. The highest BCUT2D eigenvalue weighted by atomic mass is 32.1. The largest absolute Gasteiger partial charge is 0.354 e. The van der Waals surface area contributed by atoms with Gasteiger partial charge in [0.1, 0.15) is 5.69 Å². The van der Waals surface area contributed by atoms with Gasteiger partial charge in [-0.3, -0.25) is 9.20 Å². The maximum atomic E-state index is 11.4.